The van der Waals surface area contributed by atoms with Crippen LogP contribution in [-0.4, -0.2) is 36.3 Å². The predicted octanol–water partition coefficient (Wildman–Crippen LogP) is 2.95. The molecular formula is C22H26N3O2S+. The topological polar surface area (TPSA) is 48.7 Å². The number of rotatable bonds is 5. The van der Waals surface area contributed by atoms with E-state index in [-0.39, 0.29) is 0 Å². The zero-order chi connectivity index (χ0) is 18.9. The molecular weight excluding hydrogens is 370 g/mol. The number of morpholine rings is 1. The lowest BCUT2D eigenvalue weighted by Crippen LogP contribution is -3.12. The molecule has 3 aromatic rings. The van der Waals surface area contributed by atoms with Crippen LogP contribution in [0.2, 0.25) is 0 Å². The van der Waals surface area contributed by atoms with Gasteiger partial charge in [-0.2, -0.15) is 4.98 Å². The van der Waals surface area contributed by atoms with E-state index in [0.29, 0.717) is 0 Å². The highest BCUT2D eigenvalue weighted by atomic mass is 32.1. The summed E-state index contributed by atoms with van der Waals surface area (Å²) in [5.41, 5.74) is 2.68. The molecule has 1 aromatic carbocycles. The number of aryl methyl sites for hydroxylation is 3. The van der Waals surface area contributed by atoms with Crippen molar-refractivity contribution < 1.29 is 14.4 Å². The van der Waals surface area contributed by atoms with Crippen LogP contribution < -0.4 is 9.64 Å². The van der Waals surface area contributed by atoms with Gasteiger partial charge in [0.25, 0.3) is 0 Å². The number of hydrogen-bond donors (Lipinski definition) is 1. The van der Waals surface area contributed by atoms with Crippen LogP contribution in [0.25, 0.3) is 10.2 Å². The Morgan fingerprint density at radius 2 is 2.07 bits per heavy atom. The quantitative estimate of drug-likeness (QED) is 0.720. The normalized spacial score (nSPS) is 17.2. The third-order valence-electron chi connectivity index (χ3n) is 5.71. The summed E-state index contributed by atoms with van der Waals surface area (Å²) in [7, 11) is 0. The van der Waals surface area contributed by atoms with Crippen molar-refractivity contribution in [3.8, 4) is 11.6 Å². The Kier molecular flexibility index (Phi) is 5.01. The summed E-state index contributed by atoms with van der Waals surface area (Å²) in [5.74, 6) is 2.48. The van der Waals surface area contributed by atoms with E-state index in [9.17, 15) is 0 Å². The molecule has 0 atom stereocenters. The number of aromatic nitrogens is 2. The molecule has 5 rings (SSSR count). The molecule has 146 valence electrons. The van der Waals surface area contributed by atoms with E-state index >= 15 is 0 Å². The number of benzene rings is 1. The summed E-state index contributed by atoms with van der Waals surface area (Å²) in [6.45, 7) is 6.65. The molecule has 2 aliphatic rings. The summed E-state index contributed by atoms with van der Waals surface area (Å²) >= 11 is 1.83. The van der Waals surface area contributed by atoms with Crippen LogP contribution in [0.3, 0.4) is 0 Å². The van der Waals surface area contributed by atoms with E-state index < -0.39 is 0 Å². The van der Waals surface area contributed by atoms with Gasteiger partial charge in [-0.25, -0.2) is 4.98 Å². The molecule has 1 aliphatic carbocycles. The van der Waals surface area contributed by atoms with Crippen LogP contribution >= 0.6 is 11.3 Å². The van der Waals surface area contributed by atoms with Gasteiger partial charge in [-0.15, -0.1) is 11.3 Å². The molecule has 0 amide bonds. The second kappa shape index (κ2) is 7.78. The SMILES string of the molecule is CCc1cccc(Oc2nc(C[NH+]3CCOCC3)nc3sc4c(c23)CCC4)c1. The Morgan fingerprint density at radius 1 is 1.18 bits per heavy atom. The van der Waals surface area contributed by atoms with E-state index in [2.05, 4.69) is 25.1 Å². The molecule has 5 nitrogen and oxygen atoms in total. The van der Waals surface area contributed by atoms with Crippen LogP contribution in [0, 0.1) is 0 Å². The molecule has 1 fully saturated rings. The maximum atomic E-state index is 6.37. The third kappa shape index (κ3) is 3.52. The molecule has 1 saturated heterocycles. The molecule has 2 aromatic heterocycles. The van der Waals surface area contributed by atoms with Gasteiger partial charge in [0.15, 0.2) is 5.82 Å². The molecule has 6 heteroatoms. The van der Waals surface area contributed by atoms with Crippen LogP contribution in [0.5, 0.6) is 11.6 Å². The van der Waals surface area contributed by atoms with Crippen molar-refractivity contribution in [2.24, 2.45) is 0 Å². The number of nitrogens with zero attached hydrogens (tertiary/aromatic N) is 2. The summed E-state index contributed by atoms with van der Waals surface area (Å²) < 4.78 is 11.9. The van der Waals surface area contributed by atoms with E-state index in [1.54, 1.807) is 0 Å². The fourth-order valence-electron chi connectivity index (χ4n) is 4.16. The molecule has 3 heterocycles. The molecule has 28 heavy (non-hydrogen) atoms. The fourth-order valence-corrected chi connectivity index (χ4v) is 5.43. The zero-order valence-electron chi connectivity index (χ0n) is 16.3. The number of ether oxygens (including phenoxy) is 2. The molecule has 0 spiro atoms. The highest BCUT2D eigenvalue weighted by molar-refractivity contribution is 7.19. The monoisotopic (exact) mass is 396 g/mol. The van der Waals surface area contributed by atoms with E-state index in [0.717, 1.165) is 79.8 Å². The standard InChI is InChI=1S/C22H25N3O2S/c1-2-15-5-3-6-16(13-15)27-21-20-17-7-4-8-18(17)28-22(20)24-19(23-21)14-25-9-11-26-12-10-25/h3,5-6,13H,2,4,7-12,14H2,1H3/p+1. The van der Waals surface area contributed by atoms with Gasteiger partial charge in [0.1, 0.15) is 30.2 Å². The minimum atomic E-state index is 0.736. The second-order valence-corrected chi connectivity index (χ2v) is 8.71. The lowest BCUT2D eigenvalue weighted by atomic mass is 10.1. The van der Waals surface area contributed by atoms with Crippen LogP contribution in [0.15, 0.2) is 24.3 Å². The smallest absolute Gasteiger partial charge is 0.231 e. The van der Waals surface area contributed by atoms with Crippen molar-refractivity contribution >= 4 is 21.6 Å². The Morgan fingerprint density at radius 3 is 2.93 bits per heavy atom. The van der Waals surface area contributed by atoms with Gasteiger partial charge in [0.05, 0.1) is 18.6 Å². The van der Waals surface area contributed by atoms with Crippen LogP contribution in [0.1, 0.15) is 35.2 Å². The predicted molar refractivity (Wildman–Crippen MR) is 111 cm³/mol. The van der Waals surface area contributed by atoms with Crippen LogP contribution in [-0.2, 0) is 30.5 Å². The van der Waals surface area contributed by atoms with Gasteiger partial charge in [-0.3, -0.25) is 0 Å². The van der Waals surface area contributed by atoms with Gasteiger partial charge in [0, 0.05) is 4.88 Å². The average molecular weight is 397 g/mol. The summed E-state index contributed by atoms with van der Waals surface area (Å²) in [6.07, 6.45) is 4.49. The summed E-state index contributed by atoms with van der Waals surface area (Å²) in [5, 5.41) is 1.14. The van der Waals surface area contributed by atoms with Gasteiger partial charge in [-0.05, 0) is 48.9 Å². The largest absolute Gasteiger partial charge is 0.438 e. The van der Waals surface area contributed by atoms with Crippen molar-refractivity contribution in [2.45, 2.75) is 39.2 Å². The van der Waals surface area contributed by atoms with Gasteiger partial charge in [0.2, 0.25) is 5.88 Å². The number of nitrogens with one attached hydrogen (secondary N) is 1. The molecule has 0 unspecified atom stereocenters. The molecule has 0 saturated carbocycles. The Bertz CT molecular complexity index is 995. The van der Waals surface area contributed by atoms with Gasteiger partial charge in [-0.1, -0.05) is 19.1 Å². The van der Waals surface area contributed by atoms with Crippen molar-refractivity contribution in [3.05, 3.63) is 46.1 Å². The maximum Gasteiger partial charge on any atom is 0.231 e. The van der Waals surface area contributed by atoms with E-state index in [1.165, 1.54) is 27.3 Å². The third-order valence-corrected chi connectivity index (χ3v) is 6.89. The van der Waals surface area contributed by atoms with Crippen molar-refractivity contribution in [2.75, 3.05) is 26.3 Å². The Labute approximate surface area is 169 Å². The van der Waals surface area contributed by atoms with Crippen LogP contribution in [0.4, 0.5) is 0 Å². The molecule has 0 bridgehead atoms. The molecule has 1 N–H and O–H groups in total. The van der Waals surface area contributed by atoms with E-state index in [1.807, 2.05) is 17.4 Å². The molecule has 1 aliphatic heterocycles. The first-order valence-corrected chi connectivity index (χ1v) is 11.1. The molecule has 0 radical (unpaired) electrons. The first kappa shape index (κ1) is 18.0. The highest BCUT2D eigenvalue weighted by Gasteiger charge is 2.25. The first-order chi connectivity index (χ1) is 13.8. The lowest BCUT2D eigenvalue weighted by molar-refractivity contribution is -0.922. The lowest BCUT2D eigenvalue weighted by Gasteiger charge is -2.23. The number of fused-ring (bicyclic) bond motifs is 3. The van der Waals surface area contributed by atoms with Crippen molar-refractivity contribution in [1.82, 2.24) is 9.97 Å². The zero-order valence-corrected chi connectivity index (χ0v) is 17.1. The summed E-state index contributed by atoms with van der Waals surface area (Å²) in [6, 6.07) is 8.33. The Balaban J connectivity index is 1.54. The van der Waals surface area contributed by atoms with Crippen molar-refractivity contribution in [3.63, 3.8) is 0 Å². The van der Waals surface area contributed by atoms with Gasteiger partial charge >= 0.3 is 0 Å². The highest BCUT2D eigenvalue weighted by Crippen LogP contribution is 2.41. The van der Waals surface area contributed by atoms with E-state index in [4.69, 9.17) is 19.4 Å². The maximum absolute atomic E-state index is 6.37. The number of quaternary nitrogens is 1. The fraction of sp³-hybridized carbons (Fsp3) is 0.455. The minimum absolute atomic E-state index is 0.736. The second-order valence-electron chi connectivity index (χ2n) is 7.62. The average Bonchev–Trinajstić information content (AvgIpc) is 3.30. The van der Waals surface area contributed by atoms with Gasteiger partial charge < -0.3 is 14.4 Å². The Hall–Kier alpha value is -2.02. The minimum Gasteiger partial charge on any atom is -0.438 e. The number of thiophene rings is 1. The summed E-state index contributed by atoms with van der Waals surface area (Å²) in [4.78, 5) is 13.9. The first-order valence-electron chi connectivity index (χ1n) is 10.3. The van der Waals surface area contributed by atoms with Crippen molar-refractivity contribution in [1.29, 1.82) is 0 Å². The number of hydrogen-bond acceptors (Lipinski definition) is 5.